The maximum Gasteiger partial charge on any atom is 0.265 e. The SMILES string of the molecule is COc1ccc(N2C(=O)/C(=C\N(C)C)c3ccccc32)cc1Cl. The van der Waals surface area contributed by atoms with E-state index in [0.29, 0.717) is 16.3 Å². The van der Waals surface area contributed by atoms with Crippen LogP contribution in [0.15, 0.2) is 48.7 Å². The summed E-state index contributed by atoms with van der Waals surface area (Å²) in [7, 11) is 5.36. The van der Waals surface area contributed by atoms with Gasteiger partial charge in [0.1, 0.15) is 5.75 Å². The van der Waals surface area contributed by atoms with Gasteiger partial charge in [-0.1, -0.05) is 29.8 Å². The molecule has 0 aliphatic carbocycles. The molecule has 1 aliphatic heterocycles. The van der Waals surface area contributed by atoms with Crippen LogP contribution in [-0.4, -0.2) is 32.0 Å². The first-order valence-electron chi connectivity index (χ1n) is 7.18. The third kappa shape index (κ3) is 2.66. The minimum atomic E-state index is -0.0684. The molecule has 0 radical (unpaired) electrons. The molecular weight excluding hydrogens is 312 g/mol. The lowest BCUT2D eigenvalue weighted by Gasteiger charge is -2.18. The Balaban J connectivity index is 2.14. The molecule has 5 heteroatoms. The second kappa shape index (κ2) is 5.97. The second-order valence-corrected chi connectivity index (χ2v) is 5.89. The number of carbonyl (C=O) groups excluding carboxylic acids is 1. The highest BCUT2D eigenvalue weighted by Gasteiger charge is 2.33. The number of amides is 1. The molecular formula is C18H17ClN2O2. The van der Waals surface area contributed by atoms with Gasteiger partial charge in [-0.25, -0.2) is 0 Å². The van der Waals surface area contributed by atoms with Gasteiger partial charge in [0.05, 0.1) is 29.1 Å². The van der Waals surface area contributed by atoms with E-state index in [-0.39, 0.29) is 5.91 Å². The van der Waals surface area contributed by atoms with Crippen LogP contribution < -0.4 is 9.64 Å². The highest BCUT2D eigenvalue weighted by molar-refractivity contribution is 6.36. The smallest absolute Gasteiger partial charge is 0.265 e. The molecule has 0 atom stereocenters. The molecule has 1 aliphatic rings. The molecule has 23 heavy (non-hydrogen) atoms. The summed E-state index contributed by atoms with van der Waals surface area (Å²) in [5.74, 6) is 0.514. The van der Waals surface area contributed by atoms with Crippen molar-refractivity contribution in [2.45, 2.75) is 0 Å². The third-order valence-corrected chi connectivity index (χ3v) is 3.94. The maximum atomic E-state index is 12.9. The fourth-order valence-electron chi connectivity index (χ4n) is 2.68. The molecule has 4 nitrogen and oxygen atoms in total. The summed E-state index contributed by atoms with van der Waals surface area (Å²) >= 11 is 6.22. The molecule has 0 spiro atoms. The van der Waals surface area contributed by atoms with Crippen molar-refractivity contribution in [3.63, 3.8) is 0 Å². The van der Waals surface area contributed by atoms with Crippen LogP contribution in [-0.2, 0) is 4.79 Å². The zero-order chi connectivity index (χ0) is 16.6. The molecule has 0 N–H and O–H groups in total. The van der Waals surface area contributed by atoms with Gasteiger partial charge in [-0.05, 0) is 24.3 Å². The van der Waals surface area contributed by atoms with E-state index in [2.05, 4.69) is 0 Å². The Hall–Kier alpha value is -2.46. The van der Waals surface area contributed by atoms with Crippen LogP contribution in [0.1, 0.15) is 5.56 Å². The standard InChI is InChI=1S/C18H17ClN2O2/c1-20(2)11-14-13-6-4-5-7-16(13)21(18(14)22)12-8-9-17(23-3)15(19)10-12/h4-11H,1-3H3/b14-11-. The number of carbonyl (C=O) groups is 1. The van der Waals surface area contributed by atoms with Crippen LogP contribution in [0.2, 0.25) is 5.02 Å². The fraction of sp³-hybridized carbons (Fsp3) is 0.167. The molecule has 1 heterocycles. The van der Waals surface area contributed by atoms with Crippen molar-refractivity contribution in [2.75, 3.05) is 26.1 Å². The number of methoxy groups -OCH3 is 1. The van der Waals surface area contributed by atoms with E-state index in [0.717, 1.165) is 16.9 Å². The summed E-state index contributed by atoms with van der Waals surface area (Å²) in [6, 6.07) is 13.1. The molecule has 118 valence electrons. The van der Waals surface area contributed by atoms with Gasteiger partial charge in [0, 0.05) is 25.9 Å². The Morgan fingerprint density at radius 1 is 1.17 bits per heavy atom. The lowest BCUT2D eigenvalue weighted by Crippen LogP contribution is -2.21. The molecule has 0 saturated carbocycles. The van der Waals surface area contributed by atoms with Gasteiger partial charge < -0.3 is 9.64 Å². The Labute approximate surface area is 140 Å². The van der Waals surface area contributed by atoms with Gasteiger partial charge in [-0.2, -0.15) is 0 Å². The van der Waals surface area contributed by atoms with Crippen LogP contribution in [0.3, 0.4) is 0 Å². The average Bonchev–Trinajstić information content (AvgIpc) is 2.79. The summed E-state index contributed by atoms with van der Waals surface area (Å²) < 4.78 is 5.18. The molecule has 0 fully saturated rings. The first-order chi connectivity index (χ1) is 11.0. The van der Waals surface area contributed by atoms with Gasteiger partial charge in [0.2, 0.25) is 0 Å². The lowest BCUT2D eigenvalue weighted by molar-refractivity contribution is -0.112. The topological polar surface area (TPSA) is 32.8 Å². The number of hydrogen-bond donors (Lipinski definition) is 0. The van der Waals surface area contributed by atoms with Crippen LogP contribution in [0.5, 0.6) is 5.75 Å². The molecule has 2 aromatic carbocycles. The van der Waals surface area contributed by atoms with Crippen molar-refractivity contribution in [3.05, 3.63) is 59.3 Å². The van der Waals surface area contributed by atoms with Crippen LogP contribution >= 0.6 is 11.6 Å². The largest absolute Gasteiger partial charge is 0.495 e. The van der Waals surface area contributed by atoms with E-state index in [1.807, 2.05) is 55.5 Å². The van der Waals surface area contributed by atoms with Gasteiger partial charge in [-0.3, -0.25) is 9.69 Å². The van der Waals surface area contributed by atoms with Gasteiger partial charge in [-0.15, -0.1) is 0 Å². The molecule has 0 saturated heterocycles. The predicted molar refractivity (Wildman–Crippen MR) is 93.3 cm³/mol. The number of halogens is 1. The zero-order valence-corrected chi connectivity index (χ0v) is 14.0. The maximum absolute atomic E-state index is 12.9. The van der Waals surface area contributed by atoms with Crippen molar-refractivity contribution >= 4 is 34.5 Å². The van der Waals surface area contributed by atoms with Gasteiger partial charge in [0.15, 0.2) is 0 Å². The van der Waals surface area contributed by atoms with Crippen LogP contribution in [0.25, 0.3) is 5.57 Å². The van der Waals surface area contributed by atoms with Crippen LogP contribution in [0, 0.1) is 0 Å². The Morgan fingerprint density at radius 2 is 1.91 bits per heavy atom. The number of nitrogens with zero attached hydrogens (tertiary/aromatic N) is 2. The van der Waals surface area contributed by atoms with E-state index in [1.54, 1.807) is 24.1 Å². The number of ether oxygens (including phenoxy) is 1. The highest BCUT2D eigenvalue weighted by atomic mass is 35.5. The predicted octanol–water partition coefficient (Wildman–Crippen LogP) is 3.93. The summed E-state index contributed by atoms with van der Waals surface area (Å²) in [6.45, 7) is 0. The summed E-state index contributed by atoms with van der Waals surface area (Å²) in [4.78, 5) is 16.5. The quantitative estimate of drug-likeness (QED) is 0.800. The second-order valence-electron chi connectivity index (χ2n) is 5.48. The minimum Gasteiger partial charge on any atom is -0.495 e. The van der Waals surface area contributed by atoms with Crippen molar-refractivity contribution in [3.8, 4) is 5.75 Å². The average molecular weight is 329 g/mol. The molecule has 0 aromatic heterocycles. The summed E-state index contributed by atoms with van der Waals surface area (Å²) in [6.07, 6.45) is 1.84. The third-order valence-electron chi connectivity index (χ3n) is 3.65. The number of rotatable bonds is 3. The lowest BCUT2D eigenvalue weighted by atomic mass is 10.1. The van der Waals surface area contributed by atoms with Gasteiger partial charge >= 0.3 is 0 Å². The van der Waals surface area contributed by atoms with Crippen molar-refractivity contribution in [1.29, 1.82) is 0 Å². The first kappa shape index (κ1) is 15.4. The fourth-order valence-corrected chi connectivity index (χ4v) is 2.93. The number of hydrogen-bond acceptors (Lipinski definition) is 3. The molecule has 0 bridgehead atoms. The van der Waals surface area contributed by atoms with E-state index < -0.39 is 0 Å². The number of para-hydroxylation sites is 1. The first-order valence-corrected chi connectivity index (χ1v) is 7.56. The van der Waals surface area contributed by atoms with E-state index in [9.17, 15) is 4.79 Å². The zero-order valence-electron chi connectivity index (χ0n) is 13.2. The van der Waals surface area contributed by atoms with E-state index in [1.165, 1.54) is 0 Å². The number of fused-ring (bicyclic) bond motifs is 1. The van der Waals surface area contributed by atoms with Gasteiger partial charge in [0.25, 0.3) is 5.91 Å². The monoisotopic (exact) mass is 328 g/mol. The molecule has 1 amide bonds. The van der Waals surface area contributed by atoms with Crippen LogP contribution in [0.4, 0.5) is 11.4 Å². The highest BCUT2D eigenvalue weighted by Crippen LogP contribution is 2.42. The number of benzene rings is 2. The molecule has 2 aromatic rings. The van der Waals surface area contributed by atoms with Crippen molar-refractivity contribution in [2.24, 2.45) is 0 Å². The molecule has 3 rings (SSSR count). The summed E-state index contributed by atoms with van der Waals surface area (Å²) in [5.41, 5.74) is 3.15. The Bertz CT molecular complexity index is 799. The summed E-state index contributed by atoms with van der Waals surface area (Å²) in [5, 5.41) is 0.473. The Kier molecular flexibility index (Phi) is 4.01. The molecule has 0 unspecified atom stereocenters. The van der Waals surface area contributed by atoms with E-state index >= 15 is 0 Å². The normalized spacial score (nSPS) is 15.0. The van der Waals surface area contributed by atoms with Crippen molar-refractivity contribution < 1.29 is 9.53 Å². The number of anilines is 2. The van der Waals surface area contributed by atoms with Crippen molar-refractivity contribution in [1.82, 2.24) is 4.90 Å². The Morgan fingerprint density at radius 3 is 2.57 bits per heavy atom. The minimum absolute atomic E-state index is 0.0684. The van der Waals surface area contributed by atoms with E-state index in [4.69, 9.17) is 16.3 Å².